The number of hydrogen-bond donors (Lipinski definition) is 2. The summed E-state index contributed by atoms with van der Waals surface area (Å²) in [4.78, 5) is 6.81. The summed E-state index contributed by atoms with van der Waals surface area (Å²) in [6.07, 6.45) is 6.31. The van der Waals surface area contributed by atoms with Crippen molar-refractivity contribution in [3.05, 3.63) is 0 Å². The molecule has 0 bridgehead atoms. The van der Waals surface area contributed by atoms with E-state index in [0.29, 0.717) is 12.1 Å². The van der Waals surface area contributed by atoms with E-state index in [9.17, 15) is 0 Å². The van der Waals surface area contributed by atoms with E-state index in [2.05, 4.69) is 20.5 Å². The average Bonchev–Trinajstić information content (AvgIpc) is 2.40. The Bertz CT molecular complexity index is 289. The van der Waals surface area contributed by atoms with Gasteiger partial charge in [0.25, 0.3) is 0 Å². The highest BCUT2D eigenvalue weighted by atomic mass is 127. The fraction of sp³-hybridized carbons (Fsp3) is 0.929. The van der Waals surface area contributed by atoms with Crippen LogP contribution in [-0.2, 0) is 4.74 Å². The first-order chi connectivity index (χ1) is 9.31. The highest BCUT2D eigenvalue weighted by Crippen LogP contribution is 2.18. The molecular weight excluding hydrogens is 367 g/mol. The van der Waals surface area contributed by atoms with Crippen LogP contribution in [0.15, 0.2) is 4.99 Å². The molecule has 0 aromatic rings. The second-order valence-electron chi connectivity index (χ2n) is 5.60. The lowest BCUT2D eigenvalue weighted by molar-refractivity contribution is 0.128. The predicted octanol–water partition coefficient (Wildman–Crippen LogP) is 1.43. The molecule has 2 rings (SSSR count). The van der Waals surface area contributed by atoms with Gasteiger partial charge in [0.05, 0.1) is 6.61 Å². The van der Waals surface area contributed by atoms with Crippen molar-refractivity contribution in [3.8, 4) is 0 Å². The van der Waals surface area contributed by atoms with Crippen molar-refractivity contribution in [2.24, 2.45) is 4.99 Å². The zero-order valence-corrected chi connectivity index (χ0v) is 15.1. The average molecular weight is 396 g/mol. The quantitative estimate of drug-likeness (QED) is 0.420. The van der Waals surface area contributed by atoms with Gasteiger partial charge in [-0.05, 0) is 32.1 Å². The summed E-state index contributed by atoms with van der Waals surface area (Å²) in [5.41, 5.74) is 0. The van der Waals surface area contributed by atoms with Gasteiger partial charge in [-0.2, -0.15) is 0 Å². The topological polar surface area (TPSA) is 48.9 Å². The van der Waals surface area contributed by atoms with E-state index in [0.717, 1.165) is 32.2 Å². The SMILES string of the molecule is CN=C(NC1CCC1)NC1CCN(CCOC)CC1.I. The molecule has 2 aliphatic rings. The monoisotopic (exact) mass is 396 g/mol. The summed E-state index contributed by atoms with van der Waals surface area (Å²) < 4.78 is 5.13. The molecule has 0 unspecified atom stereocenters. The standard InChI is InChI=1S/C14H28N4O.HI/c1-15-14(16-12-4-3-5-12)17-13-6-8-18(9-7-13)10-11-19-2;/h12-13H,3-11H2,1-2H3,(H2,15,16,17);1H. The number of likely N-dealkylation sites (tertiary alicyclic amines) is 1. The van der Waals surface area contributed by atoms with Crippen LogP contribution < -0.4 is 10.6 Å². The zero-order valence-electron chi connectivity index (χ0n) is 12.7. The highest BCUT2D eigenvalue weighted by molar-refractivity contribution is 14.0. The summed E-state index contributed by atoms with van der Waals surface area (Å²) in [5.74, 6) is 0.986. The minimum absolute atomic E-state index is 0. The molecule has 0 atom stereocenters. The summed E-state index contributed by atoms with van der Waals surface area (Å²) in [7, 11) is 3.63. The fourth-order valence-corrected chi connectivity index (χ4v) is 2.63. The molecule has 118 valence electrons. The predicted molar refractivity (Wildman–Crippen MR) is 94.0 cm³/mol. The molecule has 1 saturated carbocycles. The van der Waals surface area contributed by atoms with Crippen LogP contribution in [0.25, 0.3) is 0 Å². The Morgan fingerprint density at radius 2 is 1.75 bits per heavy atom. The number of nitrogens with zero attached hydrogens (tertiary/aromatic N) is 2. The van der Waals surface area contributed by atoms with Crippen molar-refractivity contribution in [3.63, 3.8) is 0 Å². The Hall–Kier alpha value is -0.0800. The largest absolute Gasteiger partial charge is 0.383 e. The molecule has 0 amide bonds. The van der Waals surface area contributed by atoms with Crippen molar-refractivity contribution < 1.29 is 4.74 Å². The first-order valence-electron chi connectivity index (χ1n) is 7.53. The fourth-order valence-electron chi connectivity index (χ4n) is 2.63. The van der Waals surface area contributed by atoms with Gasteiger partial charge in [-0.15, -0.1) is 24.0 Å². The van der Waals surface area contributed by atoms with E-state index in [4.69, 9.17) is 4.74 Å². The van der Waals surface area contributed by atoms with Gasteiger partial charge >= 0.3 is 0 Å². The van der Waals surface area contributed by atoms with E-state index in [1.165, 1.54) is 32.1 Å². The van der Waals surface area contributed by atoms with Crippen LogP contribution in [0, 0.1) is 0 Å². The number of ether oxygens (including phenoxy) is 1. The van der Waals surface area contributed by atoms with Crippen molar-refractivity contribution >= 4 is 29.9 Å². The molecule has 1 aliphatic heterocycles. The maximum Gasteiger partial charge on any atom is 0.191 e. The van der Waals surface area contributed by atoms with Gasteiger partial charge in [-0.1, -0.05) is 0 Å². The van der Waals surface area contributed by atoms with Crippen molar-refractivity contribution in [2.45, 2.75) is 44.2 Å². The third-order valence-corrected chi connectivity index (χ3v) is 4.21. The molecule has 0 spiro atoms. The van der Waals surface area contributed by atoms with Crippen molar-refractivity contribution in [1.29, 1.82) is 0 Å². The Labute approximate surface area is 139 Å². The van der Waals surface area contributed by atoms with Crippen LogP contribution in [0.2, 0.25) is 0 Å². The third-order valence-electron chi connectivity index (χ3n) is 4.21. The molecule has 2 fully saturated rings. The Kier molecular flexibility index (Phi) is 8.79. The number of aliphatic imine (C=N–C) groups is 1. The molecule has 5 nitrogen and oxygen atoms in total. The molecule has 6 heteroatoms. The molecule has 1 heterocycles. The van der Waals surface area contributed by atoms with E-state index >= 15 is 0 Å². The number of methoxy groups -OCH3 is 1. The van der Waals surface area contributed by atoms with Gasteiger partial charge in [0, 0.05) is 45.9 Å². The van der Waals surface area contributed by atoms with Crippen molar-refractivity contribution in [2.75, 3.05) is 40.4 Å². The lowest BCUT2D eigenvalue weighted by atomic mass is 9.93. The molecule has 0 radical (unpaired) electrons. The minimum Gasteiger partial charge on any atom is -0.383 e. The first-order valence-corrected chi connectivity index (χ1v) is 7.53. The molecule has 2 N–H and O–H groups in total. The molecule has 1 aliphatic carbocycles. The van der Waals surface area contributed by atoms with Crippen LogP contribution in [-0.4, -0.2) is 63.3 Å². The Morgan fingerprint density at radius 3 is 2.20 bits per heavy atom. The molecular formula is C14H29IN4O. The van der Waals surface area contributed by atoms with Crippen LogP contribution in [0.1, 0.15) is 32.1 Å². The van der Waals surface area contributed by atoms with Gasteiger partial charge in [0.15, 0.2) is 5.96 Å². The third kappa shape index (κ3) is 5.73. The number of nitrogens with one attached hydrogen (secondary N) is 2. The van der Waals surface area contributed by atoms with Crippen LogP contribution >= 0.6 is 24.0 Å². The normalized spacial score (nSPS) is 22.0. The lowest BCUT2D eigenvalue weighted by Crippen LogP contribution is -2.52. The lowest BCUT2D eigenvalue weighted by Gasteiger charge is -2.34. The maximum atomic E-state index is 5.13. The number of halogens is 1. The van der Waals surface area contributed by atoms with Crippen molar-refractivity contribution in [1.82, 2.24) is 15.5 Å². The Balaban J connectivity index is 0.00000200. The van der Waals surface area contributed by atoms with Gasteiger partial charge in [0.1, 0.15) is 0 Å². The van der Waals surface area contributed by atoms with Gasteiger partial charge in [0.2, 0.25) is 0 Å². The van der Waals surface area contributed by atoms with E-state index in [-0.39, 0.29) is 24.0 Å². The molecule has 20 heavy (non-hydrogen) atoms. The maximum absolute atomic E-state index is 5.13. The number of rotatable bonds is 5. The molecule has 1 saturated heterocycles. The van der Waals surface area contributed by atoms with E-state index in [1.54, 1.807) is 7.11 Å². The first kappa shape index (κ1) is 18.0. The zero-order chi connectivity index (χ0) is 13.5. The summed E-state index contributed by atoms with van der Waals surface area (Å²) in [5, 5.41) is 7.06. The molecule has 0 aromatic carbocycles. The van der Waals surface area contributed by atoms with Crippen LogP contribution in [0.3, 0.4) is 0 Å². The highest BCUT2D eigenvalue weighted by Gasteiger charge is 2.22. The van der Waals surface area contributed by atoms with E-state index in [1.807, 2.05) is 7.05 Å². The van der Waals surface area contributed by atoms with Crippen LogP contribution in [0.4, 0.5) is 0 Å². The number of piperidine rings is 1. The van der Waals surface area contributed by atoms with Gasteiger partial charge < -0.3 is 20.3 Å². The summed E-state index contributed by atoms with van der Waals surface area (Å²) in [6.45, 7) is 4.20. The number of guanidine groups is 1. The molecule has 0 aromatic heterocycles. The van der Waals surface area contributed by atoms with E-state index < -0.39 is 0 Å². The second kappa shape index (κ2) is 9.78. The summed E-state index contributed by atoms with van der Waals surface area (Å²) >= 11 is 0. The minimum atomic E-state index is 0. The van der Waals surface area contributed by atoms with Gasteiger partial charge in [-0.3, -0.25) is 4.99 Å². The Morgan fingerprint density at radius 1 is 1.15 bits per heavy atom. The second-order valence-corrected chi connectivity index (χ2v) is 5.60. The number of hydrogen-bond acceptors (Lipinski definition) is 3. The van der Waals surface area contributed by atoms with Crippen LogP contribution in [0.5, 0.6) is 0 Å². The smallest absolute Gasteiger partial charge is 0.191 e. The van der Waals surface area contributed by atoms with Gasteiger partial charge in [-0.25, -0.2) is 0 Å². The summed E-state index contributed by atoms with van der Waals surface area (Å²) in [6, 6.07) is 1.21.